The molecule has 1 aromatic heterocycles. The molecule has 0 spiro atoms. The van der Waals surface area contributed by atoms with Crippen LogP contribution in [0.2, 0.25) is 0 Å². The molecule has 5 rings (SSSR count). The van der Waals surface area contributed by atoms with E-state index in [1.54, 1.807) is 37.7 Å². The number of carbonyl (C=O) groups is 1. The molecular weight excluding hydrogens is 644 g/mol. The standard InChI is InChI=1S/C34H33BrN2O6S/c1-6-41-33(39)30-21(4)36-34-37(31(30)24-13-15-27(43-20(2)3)28(18-24)40-5)32(38)29(44-34)17-23-12-14-26(25(35)16-23)42-19-22-10-8-7-9-11-22/h7-18,20,31H,6,19H2,1-5H3/b29-17-/t31-/m1/s1. The summed E-state index contributed by atoms with van der Waals surface area (Å²) in [6, 6.07) is 20.3. The number of halogens is 1. The molecule has 0 unspecified atom stereocenters. The Morgan fingerprint density at radius 2 is 1.82 bits per heavy atom. The predicted octanol–water partition coefficient (Wildman–Crippen LogP) is 5.94. The number of hydrogen-bond acceptors (Lipinski definition) is 8. The third-order valence-electron chi connectivity index (χ3n) is 6.87. The molecule has 44 heavy (non-hydrogen) atoms. The number of fused-ring (bicyclic) bond motifs is 1. The van der Waals surface area contributed by atoms with Crippen molar-refractivity contribution < 1.29 is 23.7 Å². The average molecular weight is 678 g/mol. The quantitative estimate of drug-likeness (QED) is 0.193. The van der Waals surface area contributed by atoms with Crippen LogP contribution in [0.15, 0.2) is 92.3 Å². The fourth-order valence-corrected chi connectivity index (χ4v) is 6.48. The number of benzene rings is 3. The highest BCUT2D eigenvalue weighted by Gasteiger charge is 2.34. The number of rotatable bonds is 10. The molecule has 10 heteroatoms. The summed E-state index contributed by atoms with van der Waals surface area (Å²) in [6.07, 6.45) is 1.75. The monoisotopic (exact) mass is 676 g/mol. The molecule has 1 aliphatic heterocycles. The molecule has 0 amide bonds. The van der Waals surface area contributed by atoms with Gasteiger partial charge in [-0.25, -0.2) is 9.79 Å². The summed E-state index contributed by atoms with van der Waals surface area (Å²) in [5.74, 6) is 1.24. The Bertz CT molecular complexity index is 1890. The van der Waals surface area contributed by atoms with Gasteiger partial charge in [0.15, 0.2) is 16.3 Å². The van der Waals surface area contributed by atoms with Gasteiger partial charge in [0.2, 0.25) is 0 Å². The van der Waals surface area contributed by atoms with E-state index in [2.05, 4.69) is 20.9 Å². The SMILES string of the molecule is CCOC(=O)C1=C(C)N=c2s/c(=C\c3ccc(OCc4ccccc4)c(Br)c3)c(=O)n2[C@@H]1c1ccc(OC(C)C)c(OC)c1. The fourth-order valence-electron chi connectivity index (χ4n) is 4.92. The lowest BCUT2D eigenvalue weighted by molar-refractivity contribution is -0.139. The van der Waals surface area contributed by atoms with Crippen molar-refractivity contribution in [3.8, 4) is 17.2 Å². The Morgan fingerprint density at radius 3 is 2.50 bits per heavy atom. The molecule has 1 atom stereocenters. The molecule has 0 radical (unpaired) electrons. The van der Waals surface area contributed by atoms with Gasteiger partial charge in [0.1, 0.15) is 12.4 Å². The zero-order valence-electron chi connectivity index (χ0n) is 25.1. The maximum absolute atomic E-state index is 14.0. The van der Waals surface area contributed by atoms with Crippen LogP contribution in [0.25, 0.3) is 6.08 Å². The van der Waals surface area contributed by atoms with E-state index in [-0.39, 0.29) is 18.3 Å². The van der Waals surface area contributed by atoms with Gasteiger partial charge in [-0.2, -0.15) is 0 Å². The fraction of sp³-hybridized carbons (Fsp3) is 0.265. The van der Waals surface area contributed by atoms with Gasteiger partial charge in [0, 0.05) is 0 Å². The van der Waals surface area contributed by atoms with Crippen LogP contribution in [0.3, 0.4) is 0 Å². The van der Waals surface area contributed by atoms with Crippen molar-refractivity contribution in [1.82, 2.24) is 4.57 Å². The molecule has 0 N–H and O–H groups in total. The topological polar surface area (TPSA) is 88.4 Å². The molecule has 3 aromatic carbocycles. The smallest absolute Gasteiger partial charge is 0.338 e. The zero-order valence-corrected chi connectivity index (χ0v) is 27.5. The highest BCUT2D eigenvalue weighted by Crippen LogP contribution is 2.36. The minimum absolute atomic E-state index is 0.0609. The minimum Gasteiger partial charge on any atom is -0.493 e. The Balaban J connectivity index is 1.56. The number of carbonyl (C=O) groups excluding carboxylic acids is 1. The van der Waals surface area contributed by atoms with Crippen LogP contribution >= 0.6 is 27.3 Å². The lowest BCUT2D eigenvalue weighted by Crippen LogP contribution is -2.40. The van der Waals surface area contributed by atoms with Gasteiger partial charge in [-0.3, -0.25) is 9.36 Å². The molecule has 0 bridgehead atoms. The average Bonchev–Trinajstić information content (AvgIpc) is 3.30. The first-order valence-corrected chi connectivity index (χ1v) is 15.8. The molecule has 2 heterocycles. The van der Waals surface area contributed by atoms with Crippen molar-refractivity contribution in [2.45, 2.75) is 46.4 Å². The van der Waals surface area contributed by atoms with E-state index in [9.17, 15) is 9.59 Å². The second-order valence-electron chi connectivity index (χ2n) is 10.3. The molecule has 4 aromatic rings. The molecule has 8 nitrogen and oxygen atoms in total. The molecular formula is C34H33BrN2O6S. The normalized spacial score (nSPS) is 14.7. The first-order valence-electron chi connectivity index (χ1n) is 14.2. The Morgan fingerprint density at radius 1 is 1.07 bits per heavy atom. The van der Waals surface area contributed by atoms with Crippen molar-refractivity contribution in [3.05, 3.63) is 119 Å². The molecule has 0 saturated carbocycles. The zero-order chi connectivity index (χ0) is 31.4. The van der Waals surface area contributed by atoms with Crippen LogP contribution in [0.1, 0.15) is 50.4 Å². The Kier molecular flexibility index (Phi) is 9.71. The first kappa shape index (κ1) is 31.3. The van der Waals surface area contributed by atoms with E-state index in [4.69, 9.17) is 18.9 Å². The maximum Gasteiger partial charge on any atom is 0.338 e. The maximum atomic E-state index is 14.0. The van der Waals surface area contributed by atoms with Crippen LogP contribution < -0.4 is 29.1 Å². The lowest BCUT2D eigenvalue weighted by atomic mass is 9.95. The predicted molar refractivity (Wildman–Crippen MR) is 174 cm³/mol. The number of esters is 1. The number of thiazole rings is 1. The van der Waals surface area contributed by atoms with E-state index < -0.39 is 12.0 Å². The van der Waals surface area contributed by atoms with Crippen molar-refractivity contribution >= 4 is 39.3 Å². The number of nitrogens with zero attached hydrogens (tertiary/aromatic N) is 2. The van der Waals surface area contributed by atoms with Crippen molar-refractivity contribution in [2.24, 2.45) is 4.99 Å². The molecule has 228 valence electrons. The number of hydrogen-bond donors (Lipinski definition) is 0. The van der Waals surface area contributed by atoms with Crippen LogP contribution in [-0.4, -0.2) is 30.4 Å². The summed E-state index contributed by atoms with van der Waals surface area (Å²) < 4.78 is 25.7. The molecule has 0 aliphatic carbocycles. The van der Waals surface area contributed by atoms with Gasteiger partial charge in [0.25, 0.3) is 5.56 Å². The van der Waals surface area contributed by atoms with Gasteiger partial charge in [-0.05, 0) is 90.7 Å². The number of aromatic nitrogens is 1. The van der Waals surface area contributed by atoms with E-state index >= 15 is 0 Å². The summed E-state index contributed by atoms with van der Waals surface area (Å²) in [7, 11) is 1.56. The van der Waals surface area contributed by atoms with E-state index in [1.807, 2.05) is 74.5 Å². The molecule has 1 aliphatic rings. The summed E-state index contributed by atoms with van der Waals surface area (Å²) in [4.78, 5) is 32.4. The van der Waals surface area contributed by atoms with Crippen molar-refractivity contribution in [1.29, 1.82) is 0 Å². The summed E-state index contributed by atoms with van der Waals surface area (Å²) in [6.45, 7) is 8.00. The Labute approximate surface area is 268 Å². The summed E-state index contributed by atoms with van der Waals surface area (Å²) in [5, 5.41) is 0. The number of methoxy groups -OCH3 is 1. The molecule has 0 fully saturated rings. The third kappa shape index (κ3) is 6.66. The minimum atomic E-state index is -0.769. The first-order chi connectivity index (χ1) is 21.2. The number of ether oxygens (including phenoxy) is 4. The van der Waals surface area contributed by atoms with Crippen LogP contribution in [0, 0.1) is 0 Å². The summed E-state index contributed by atoms with van der Waals surface area (Å²) >= 11 is 4.87. The third-order valence-corrected chi connectivity index (χ3v) is 8.48. The van der Waals surface area contributed by atoms with E-state index in [0.717, 1.165) is 15.6 Å². The van der Waals surface area contributed by atoms with Crippen LogP contribution in [-0.2, 0) is 16.1 Å². The van der Waals surface area contributed by atoms with E-state index in [1.165, 1.54) is 11.3 Å². The van der Waals surface area contributed by atoms with Gasteiger partial charge in [-0.15, -0.1) is 0 Å². The van der Waals surface area contributed by atoms with Crippen molar-refractivity contribution in [3.63, 3.8) is 0 Å². The summed E-state index contributed by atoms with van der Waals surface area (Å²) in [5.41, 5.74) is 3.07. The Hall–Kier alpha value is -4.15. The second kappa shape index (κ2) is 13.7. The van der Waals surface area contributed by atoms with Gasteiger partial charge < -0.3 is 18.9 Å². The molecule has 0 saturated heterocycles. The highest BCUT2D eigenvalue weighted by atomic mass is 79.9. The highest BCUT2D eigenvalue weighted by molar-refractivity contribution is 9.10. The largest absolute Gasteiger partial charge is 0.493 e. The lowest BCUT2D eigenvalue weighted by Gasteiger charge is -2.25. The van der Waals surface area contributed by atoms with Gasteiger partial charge in [-0.1, -0.05) is 53.8 Å². The number of allylic oxidation sites excluding steroid dienone is 1. The van der Waals surface area contributed by atoms with Crippen molar-refractivity contribution in [2.75, 3.05) is 13.7 Å². The van der Waals surface area contributed by atoms with Gasteiger partial charge in [0.05, 0.1) is 46.1 Å². The second-order valence-corrected chi connectivity index (χ2v) is 12.2. The van der Waals surface area contributed by atoms with Gasteiger partial charge >= 0.3 is 5.97 Å². The van der Waals surface area contributed by atoms with E-state index in [0.29, 0.717) is 50.0 Å². The van der Waals surface area contributed by atoms with Crippen LogP contribution in [0.5, 0.6) is 17.2 Å². The van der Waals surface area contributed by atoms with Crippen LogP contribution in [0.4, 0.5) is 0 Å².